The zero-order valence-electron chi connectivity index (χ0n) is 11.1. The predicted molar refractivity (Wildman–Crippen MR) is 77.2 cm³/mol. The van der Waals surface area contributed by atoms with Crippen LogP contribution in [0.2, 0.25) is 5.02 Å². The second-order valence-electron chi connectivity index (χ2n) is 5.13. The molecule has 19 heavy (non-hydrogen) atoms. The second-order valence-corrected chi connectivity index (χ2v) is 5.56. The average Bonchev–Trinajstić information content (AvgIpc) is 2.79. The zero-order chi connectivity index (χ0) is 13.2. The molecule has 0 saturated heterocycles. The summed E-state index contributed by atoms with van der Waals surface area (Å²) in [4.78, 5) is 0. The summed E-state index contributed by atoms with van der Waals surface area (Å²) in [6.07, 6.45) is 5.55. The molecule has 1 aromatic carbocycles. The lowest BCUT2D eigenvalue weighted by Crippen LogP contribution is -2.24. The van der Waals surface area contributed by atoms with E-state index in [0.29, 0.717) is 6.04 Å². The van der Waals surface area contributed by atoms with E-state index in [4.69, 9.17) is 11.6 Å². The zero-order valence-corrected chi connectivity index (χ0v) is 11.8. The van der Waals surface area contributed by atoms with Crippen LogP contribution in [-0.4, -0.2) is 9.78 Å². The molecule has 0 aliphatic heterocycles. The van der Waals surface area contributed by atoms with Crippen LogP contribution in [-0.2, 0) is 20.0 Å². The van der Waals surface area contributed by atoms with Gasteiger partial charge < -0.3 is 5.32 Å². The van der Waals surface area contributed by atoms with Gasteiger partial charge >= 0.3 is 0 Å². The molecular weight excluding hydrogens is 258 g/mol. The van der Waals surface area contributed by atoms with Gasteiger partial charge in [-0.2, -0.15) is 5.10 Å². The van der Waals surface area contributed by atoms with Gasteiger partial charge in [0.25, 0.3) is 0 Å². The Morgan fingerprint density at radius 2 is 2.37 bits per heavy atom. The fraction of sp³-hybridized carbons (Fsp3) is 0.400. The first kappa shape index (κ1) is 12.7. The van der Waals surface area contributed by atoms with Gasteiger partial charge in [0.2, 0.25) is 0 Å². The average molecular weight is 276 g/mol. The number of hydrogen-bond donors (Lipinski definition) is 1. The van der Waals surface area contributed by atoms with E-state index in [1.54, 1.807) is 0 Å². The summed E-state index contributed by atoms with van der Waals surface area (Å²) in [5.74, 6) is 0. The Morgan fingerprint density at radius 1 is 1.47 bits per heavy atom. The molecule has 0 fully saturated rings. The molecule has 0 spiro atoms. The standard InChI is InChI=1S/C15H18ClN3/c1-19-15-7-3-6-14(13(15)10-18-19)17-9-11-4-2-5-12(16)8-11/h2,4-5,8,10,14,17H,3,6-7,9H2,1H3. The van der Waals surface area contributed by atoms with Crippen molar-refractivity contribution in [2.45, 2.75) is 31.8 Å². The predicted octanol–water partition coefficient (Wildman–Crippen LogP) is 3.24. The van der Waals surface area contributed by atoms with Crippen molar-refractivity contribution in [3.63, 3.8) is 0 Å². The molecule has 0 saturated carbocycles. The van der Waals surface area contributed by atoms with Crippen molar-refractivity contribution in [2.75, 3.05) is 0 Å². The van der Waals surface area contributed by atoms with Crippen molar-refractivity contribution >= 4 is 11.6 Å². The van der Waals surface area contributed by atoms with E-state index in [2.05, 4.69) is 16.5 Å². The van der Waals surface area contributed by atoms with E-state index >= 15 is 0 Å². The van der Waals surface area contributed by atoms with E-state index in [9.17, 15) is 0 Å². The van der Waals surface area contributed by atoms with E-state index in [1.807, 2.05) is 36.1 Å². The third-order valence-corrected chi connectivity index (χ3v) is 4.05. The maximum Gasteiger partial charge on any atom is 0.0540 e. The third-order valence-electron chi connectivity index (χ3n) is 3.82. The quantitative estimate of drug-likeness (QED) is 0.932. The van der Waals surface area contributed by atoms with Crippen LogP contribution in [0, 0.1) is 0 Å². The Labute approximate surface area is 118 Å². The van der Waals surface area contributed by atoms with Crippen molar-refractivity contribution in [2.24, 2.45) is 7.05 Å². The lowest BCUT2D eigenvalue weighted by molar-refractivity contribution is 0.452. The van der Waals surface area contributed by atoms with Crippen molar-refractivity contribution in [3.8, 4) is 0 Å². The lowest BCUT2D eigenvalue weighted by Gasteiger charge is -2.24. The monoisotopic (exact) mass is 275 g/mol. The maximum atomic E-state index is 6.01. The maximum absolute atomic E-state index is 6.01. The first-order chi connectivity index (χ1) is 9.24. The van der Waals surface area contributed by atoms with Crippen molar-refractivity contribution < 1.29 is 0 Å². The minimum absolute atomic E-state index is 0.413. The van der Waals surface area contributed by atoms with E-state index in [1.165, 1.54) is 29.7 Å². The molecule has 1 aliphatic carbocycles. The van der Waals surface area contributed by atoms with Gasteiger partial charge in [-0.25, -0.2) is 0 Å². The van der Waals surface area contributed by atoms with E-state index < -0.39 is 0 Å². The fourth-order valence-electron chi connectivity index (χ4n) is 2.81. The summed E-state index contributed by atoms with van der Waals surface area (Å²) >= 11 is 6.01. The number of aryl methyl sites for hydroxylation is 1. The van der Waals surface area contributed by atoms with Gasteiger partial charge in [-0.15, -0.1) is 0 Å². The number of nitrogens with one attached hydrogen (secondary N) is 1. The van der Waals surface area contributed by atoms with Gasteiger partial charge in [0.1, 0.15) is 0 Å². The Morgan fingerprint density at radius 3 is 3.21 bits per heavy atom. The Balaban J connectivity index is 1.71. The number of hydrogen-bond acceptors (Lipinski definition) is 2. The first-order valence-corrected chi connectivity index (χ1v) is 7.10. The van der Waals surface area contributed by atoms with Crippen molar-refractivity contribution in [3.05, 3.63) is 52.3 Å². The highest BCUT2D eigenvalue weighted by atomic mass is 35.5. The first-order valence-electron chi connectivity index (χ1n) is 6.72. The van der Waals surface area contributed by atoms with Gasteiger partial charge in [0, 0.05) is 35.9 Å². The van der Waals surface area contributed by atoms with Gasteiger partial charge in [-0.1, -0.05) is 23.7 Å². The van der Waals surface area contributed by atoms with Crippen LogP contribution in [0.3, 0.4) is 0 Å². The number of benzene rings is 1. The molecule has 100 valence electrons. The molecule has 0 amide bonds. The molecule has 3 rings (SSSR count). The van der Waals surface area contributed by atoms with Crippen LogP contribution in [0.25, 0.3) is 0 Å². The molecule has 2 aromatic rings. The molecule has 3 nitrogen and oxygen atoms in total. The van der Waals surface area contributed by atoms with Crippen molar-refractivity contribution in [1.29, 1.82) is 0 Å². The van der Waals surface area contributed by atoms with Crippen LogP contribution in [0.5, 0.6) is 0 Å². The molecular formula is C15H18ClN3. The molecule has 1 unspecified atom stereocenters. The molecule has 0 bridgehead atoms. The van der Waals surface area contributed by atoms with Gasteiger partial charge in [0.15, 0.2) is 0 Å². The Kier molecular flexibility index (Phi) is 3.58. The Hall–Kier alpha value is -1.32. The molecule has 4 heteroatoms. The van der Waals surface area contributed by atoms with E-state index in [0.717, 1.165) is 18.0 Å². The van der Waals surface area contributed by atoms with Gasteiger partial charge in [-0.3, -0.25) is 4.68 Å². The summed E-state index contributed by atoms with van der Waals surface area (Å²) in [5.41, 5.74) is 3.95. The summed E-state index contributed by atoms with van der Waals surface area (Å²) < 4.78 is 2.00. The van der Waals surface area contributed by atoms with Crippen LogP contribution in [0.4, 0.5) is 0 Å². The van der Waals surface area contributed by atoms with Crippen LogP contribution in [0.1, 0.15) is 35.7 Å². The molecule has 1 heterocycles. The van der Waals surface area contributed by atoms with Gasteiger partial charge in [0.05, 0.1) is 6.20 Å². The Bertz CT molecular complexity index is 577. The number of rotatable bonds is 3. The van der Waals surface area contributed by atoms with Crippen LogP contribution >= 0.6 is 11.6 Å². The molecule has 1 aromatic heterocycles. The lowest BCUT2D eigenvalue weighted by atomic mass is 9.93. The second kappa shape index (κ2) is 5.35. The van der Waals surface area contributed by atoms with Gasteiger partial charge in [-0.05, 0) is 37.0 Å². The highest BCUT2D eigenvalue weighted by Crippen LogP contribution is 2.29. The minimum atomic E-state index is 0.413. The summed E-state index contributed by atoms with van der Waals surface area (Å²) in [6.45, 7) is 0.847. The SMILES string of the molecule is Cn1ncc2c1CCCC2NCc1cccc(Cl)c1. The normalized spacial score (nSPS) is 18.3. The number of aromatic nitrogens is 2. The largest absolute Gasteiger partial charge is 0.306 e. The number of fused-ring (bicyclic) bond motifs is 1. The minimum Gasteiger partial charge on any atom is -0.306 e. The molecule has 1 atom stereocenters. The molecule has 1 N–H and O–H groups in total. The number of halogens is 1. The van der Waals surface area contributed by atoms with Crippen LogP contribution < -0.4 is 5.32 Å². The highest BCUT2D eigenvalue weighted by Gasteiger charge is 2.22. The highest BCUT2D eigenvalue weighted by molar-refractivity contribution is 6.30. The van der Waals surface area contributed by atoms with Crippen LogP contribution in [0.15, 0.2) is 30.5 Å². The smallest absolute Gasteiger partial charge is 0.0540 e. The molecule has 1 aliphatic rings. The fourth-order valence-corrected chi connectivity index (χ4v) is 3.02. The van der Waals surface area contributed by atoms with E-state index in [-0.39, 0.29) is 0 Å². The summed E-state index contributed by atoms with van der Waals surface area (Å²) in [7, 11) is 2.03. The van der Waals surface area contributed by atoms with Crippen molar-refractivity contribution in [1.82, 2.24) is 15.1 Å². The third kappa shape index (κ3) is 2.67. The summed E-state index contributed by atoms with van der Waals surface area (Å²) in [5, 5.41) is 8.79. The number of nitrogens with zero attached hydrogens (tertiary/aromatic N) is 2. The topological polar surface area (TPSA) is 29.9 Å². The molecule has 0 radical (unpaired) electrons. The summed E-state index contributed by atoms with van der Waals surface area (Å²) in [6, 6.07) is 8.44.